The van der Waals surface area contributed by atoms with Gasteiger partial charge in [0.15, 0.2) is 0 Å². The minimum absolute atomic E-state index is 0.346. The van der Waals surface area contributed by atoms with Crippen molar-refractivity contribution in [2.45, 2.75) is 12.2 Å². The van der Waals surface area contributed by atoms with Crippen LogP contribution in [0.3, 0.4) is 0 Å². The van der Waals surface area contributed by atoms with E-state index in [1.165, 1.54) is 22.3 Å². The number of benzene rings is 2. The SMILES string of the molecule is NCC1(c2ccc3c(c2)Cc2ccccc2-3)OCCO1. The third-order valence-electron chi connectivity index (χ3n) is 4.26. The van der Waals surface area contributed by atoms with Crippen LogP contribution in [-0.2, 0) is 21.7 Å². The molecule has 20 heavy (non-hydrogen) atoms. The molecule has 0 amide bonds. The van der Waals surface area contributed by atoms with Gasteiger partial charge in [0.05, 0.1) is 19.8 Å². The van der Waals surface area contributed by atoms with Crippen molar-refractivity contribution < 1.29 is 9.47 Å². The van der Waals surface area contributed by atoms with E-state index < -0.39 is 5.79 Å². The molecule has 3 nitrogen and oxygen atoms in total. The van der Waals surface area contributed by atoms with Gasteiger partial charge in [-0.25, -0.2) is 0 Å². The maximum atomic E-state index is 5.88. The number of nitrogens with two attached hydrogens (primary N) is 1. The Balaban J connectivity index is 1.79. The van der Waals surface area contributed by atoms with Crippen LogP contribution in [0.5, 0.6) is 0 Å². The van der Waals surface area contributed by atoms with E-state index >= 15 is 0 Å². The Kier molecular flexibility index (Phi) is 2.67. The number of hydrogen-bond acceptors (Lipinski definition) is 3. The minimum Gasteiger partial charge on any atom is -0.342 e. The first-order chi connectivity index (χ1) is 9.82. The Bertz CT molecular complexity index is 660. The summed E-state index contributed by atoms with van der Waals surface area (Å²) in [5, 5.41) is 0. The molecule has 4 rings (SSSR count). The van der Waals surface area contributed by atoms with E-state index in [-0.39, 0.29) is 0 Å². The molecule has 2 N–H and O–H groups in total. The Hall–Kier alpha value is -1.68. The molecule has 2 aliphatic rings. The van der Waals surface area contributed by atoms with Crippen molar-refractivity contribution in [3.63, 3.8) is 0 Å². The van der Waals surface area contributed by atoms with E-state index in [0.29, 0.717) is 19.8 Å². The van der Waals surface area contributed by atoms with E-state index in [1.807, 2.05) is 0 Å². The van der Waals surface area contributed by atoms with E-state index in [0.717, 1.165) is 12.0 Å². The van der Waals surface area contributed by atoms with Crippen LogP contribution >= 0.6 is 0 Å². The first-order valence-electron chi connectivity index (χ1n) is 7.02. The van der Waals surface area contributed by atoms with Gasteiger partial charge in [0.2, 0.25) is 5.79 Å². The van der Waals surface area contributed by atoms with Crippen LogP contribution in [0, 0.1) is 0 Å². The maximum Gasteiger partial charge on any atom is 0.207 e. The summed E-state index contributed by atoms with van der Waals surface area (Å²) in [5.41, 5.74) is 12.3. The predicted molar refractivity (Wildman–Crippen MR) is 77.3 cm³/mol. The normalized spacial score (nSPS) is 18.9. The van der Waals surface area contributed by atoms with Gasteiger partial charge in [-0.15, -0.1) is 0 Å². The molecule has 1 fully saturated rings. The molecule has 1 aliphatic carbocycles. The lowest BCUT2D eigenvalue weighted by atomic mass is 9.99. The zero-order valence-corrected chi connectivity index (χ0v) is 11.3. The number of fused-ring (bicyclic) bond motifs is 3. The summed E-state index contributed by atoms with van der Waals surface area (Å²) in [5.74, 6) is -0.746. The summed E-state index contributed by atoms with van der Waals surface area (Å²) in [6.07, 6.45) is 0.972. The van der Waals surface area contributed by atoms with Crippen LogP contribution in [0.1, 0.15) is 16.7 Å². The lowest BCUT2D eigenvalue weighted by Gasteiger charge is -2.26. The van der Waals surface area contributed by atoms with E-state index in [1.54, 1.807) is 0 Å². The van der Waals surface area contributed by atoms with Gasteiger partial charge in [-0.3, -0.25) is 0 Å². The first kappa shape index (κ1) is 12.1. The van der Waals surface area contributed by atoms with Crippen LogP contribution in [-0.4, -0.2) is 19.8 Å². The van der Waals surface area contributed by atoms with Gasteiger partial charge in [-0.1, -0.05) is 36.4 Å². The van der Waals surface area contributed by atoms with Crippen LogP contribution in [0.25, 0.3) is 11.1 Å². The quantitative estimate of drug-likeness (QED) is 0.775. The Morgan fingerprint density at radius 3 is 2.50 bits per heavy atom. The minimum atomic E-state index is -0.746. The molecule has 2 aromatic rings. The molecule has 0 spiro atoms. The molecule has 1 heterocycles. The fraction of sp³-hybridized carbons (Fsp3) is 0.294. The highest BCUT2D eigenvalue weighted by Gasteiger charge is 2.38. The Morgan fingerprint density at radius 1 is 0.950 bits per heavy atom. The lowest BCUT2D eigenvalue weighted by Crippen LogP contribution is -2.36. The fourth-order valence-corrected chi connectivity index (χ4v) is 3.24. The van der Waals surface area contributed by atoms with Crippen molar-refractivity contribution in [3.05, 3.63) is 59.2 Å². The van der Waals surface area contributed by atoms with Gasteiger partial charge >= 0.3 is 0 Å². The molecule has 1 aliphatic heterocycles. The van der Waals surface area contributed by atoms with Crippen LogP contribution in [0.15, 0.2) is 42.5 Å². The van der Waals surface area contributed by atoms with Crippen LogP contribution in [0.4, 0.5) is 0 Å². The molecule has 0 aromatic heterocycles. The highest BCUT2D eigenvalue weighted by molar-refractivity contribution is 5.77. The van der Waals surface area contributed by atoms with Crippen molar-refractivity contribution in [2.24, 2.45) is 5.73 Å². The summed E-state index contributed by atoms with van der Waals surface area (Å²) < 4.78 is 11.5. The standard InChI is InChI=1S/C17H17NO2/c18-11-17(19-7-8-20-17)14-5-6-16-13(10-14)9-12-3-1-2-4-15(12)16/h1-6,10H,7-9,11,18H2. The van der Waals surface area contributed by atoms with Gasteiger partial charge in [0.1, 0.15) is 0 Å². The van der Waals surface area contributed by atoms with E-state index in [9.17, 15) is 0 Å². The maximum absolute atomic E-state index is 5.88. The van der Waals surface area contributed by atoms with Crippen LogP contribution in [0.2, 0.25) is 0 Å². The van der Waals surface area contributed by atoms with Gasteiger partial charge in [0, 0.05) is 5.56 Å². The Labute approximate surface area is 118 Å². The molecule has 0 atom stereocenters. The second-order valence-electron chi connectivity index (χ2n) is 5.36. The summed E-state index contributed by atoms with van der Waals surface area (Å²) >= 11 is 0. The van der Waals surface area contributed by atoms with Crippen molar-refractivity contribution in [1.82, 2.24) is 0 Å². The molecule has 1 saturated heterocycles. The second-order valence-corrected chi connectivity index (χ2v) is 5.36. The summed E-state index contributed by atoms with van der Waals surface area (Å²) in [7, 11) is 0. The van der Waals surface area contributed by atoms with Crippen LogP contribution < -0.4 is 5.73 Å². The van der Waals surface area contributed by atoms with Crippen molar-refractivity contribution >= 4 is 0 Å². The van der Waals surface area contributed by atoms with Gasteiger partial charge in [-0.2, -0.15) is 0 Å². The lowest BCUT2D eigenvalue weighted by molar-refractivity contribution is -0.156. The van der Waals surface area contributed by atoms with Gasteiger partial charge in [-0.05, 0) is 34.7 Å². The number of rotatable bonds is 2. The molecule has 0 bridgehead atoms. The molecule has 2 aromatic carbocycles. The average molecular weight is 267 g/mol. The summed E-state index contributed by atoms with van der Waals surface area (Å²) in [6, 6.07) is 15.0. The van der Waals surface area contributed by atoms with Crippen molar-refractivity contribution in [1.29, 1.82) is 0 Å². The fourth-order valence-electron chi connectivity index (χ4n) is 3.24. The molecule has 0 radical (unpaired) electrons. The van der Waals surface area contributed by atoms with Crippen molar-refractivity contribution in [2.75, 3.05) is 19.8 Å². The highest BCUT2D eigenvalue weighted by atomic mass is 16.7. The molecular weight excluding hydrogens is 250 g/mol. The third kappa shape index (κ3) is 1.64. The largest absolute Gasteiger partial charge is 0.342 e. The van der Waals surface area contributed by atoms with Crippen molar-refractivity contribution in [3.8, 4) is 11.1 Å². The first-order valence-corrected chi connectivity index (χ1v) is 7.02. The highest BCUT2D eigenvalue weighted by Crippen LogP contribution is 2.39. The van der Waals surface area contributed by atoms with E-state index in [4.69, 9.17) is 15.2 Å². The molecule has 0 saturated carbocycles. The predicted octanol–water partition coefficient (Wildman–Crippen LogP) is 2.42. The van der Waals surface area contributed by atoms with E-state index in [2.05, 4.69) is 42.5 Å². The monoisotopic (exact) mass is 267 g/mol. The molecule has 102 valence electrons. The number of hydrogen-bond donors (Lipinski definition) is 1. The Morgan fingerprint density at radius 2 is 1.70 bits per heavy atom. The molecular formula is C17H17NO2. The van der Waals surface area contributed by atoms with Gasteiger partial charge in [0.25, 0.3) is 0 Å². The van der Waals surface area contributed by atoms with Gasteiger partial charge < -0.3 is 15.2 Å². The third-order valence-corrected chi connectivity index (χ3v) is 4.26. The number of ether oxygens (including phenoxy) is 2. The molecule has 3 heteroatoms. The topological polar surface area (TPSA) is 44.5 Å². The average Bonchev–Trinajstić information content (AvgIpc) is 3.11. The summed E-state index contributed by atoms with van der Waals surface area (Å²) in [4.78, 5) is 0. The zero-order chi connectivity index (χ0) is 13.6. The second kappa shape index (κ2) is 4.42. The zero-order valence-electron chi connectivity index (χ0n) is 11.3. The molecule has 0 unspecified atom stereocenters. The smallest absolute Gasteiger partial charge is 0.207 e. The summed E-state index contributed by atoms with van der Waals surface area (Å²) in [6.45, 7) is 1.56.